The lowest BCUT2D eigenvalue weighted by Gasteiger charge is -2.14. The second-order valence-electron chi connectivity index (χ2n) is 4.24. The zero-order chi connectivity index (χ0) is 14.9. The maximum atomic E-state index is 12.3. The summed E-state index contributed by atoms with van der Waals surface area (Å²) in [6.45, 7) is 0. The number of rotatable bonds is 4. The topological polar surface area (TPSA) is 49.4 Å². The molecule has 20 heavy (non-hydrogen) atoms. The van der Waals surface area contributed by atoms with Gasteiger partial charge in [-0.3, -0.25) is 4.72 Å². The highest BCUT2D eigenvalue weighted by Crippen LogP contribution is 2.35. The number of anilines is 2. The number of nitrogens with zero attached hydrogens (tertiary/aromatic N) is 1. The molecule has 0 aliphatic heterocycles. The molecule has 4 nitrogen and oxygen atoms in total. The molecule has 0 fully saturated rings. The SMILES string of the molecule is CN(C)c1cccc(NS(=O)(=O)c2cc(Cl)c(Br)s2)c1. The van der Waals surface area contributed by atoms with Gasteiger partial charge in [-0.25, -0.2) is 8.42 Å². The standard InChI is InChI=1S/C12H12BrClN2O2S2/c1-16(2)9-5-3-4-8(6-9)15-20(17,18)11-7-10(14)12(13)19-11/h3-7,15H,1-2H3. The van der Waals surface area contributed by atoms with Crippen LogP contribution >= 0.6 is 38.9 Å². The van der Waals surface area contributed by atoms with Gasteiger partial charge in [0.1, 0.15) is 4.21 Å². The van der Waals surface area contributed by atoms with Crippen molar-refractivity contribution in [1.29, 1.82) is 0 Å². The Labute approximate surface area is 135 Å². The van der Waals surface area contributed by atoms with Gasteiger partial charge in [0.15, 0.2) is 0 Å². The first kappa shape index (κ1) is 15.6. The van der Waals surface area contributed by atoms with Crippen LogP contribution < -0.4 is 9.62 Å². The highest BCUT2D eigenvalue weighted by atomic mass is 79.9. The number of hydrogen-bond acceptors (Lipinski definition) is 4. The first-order chi connectivity index (χ1) is 9.29. The fraction of sp³-hybridized carbons (Fsp3) is 0.167. The minimum atomic E-state index is -3.62. The highest BCUT2D eigenvalue weighted by molar-refractivity contribution is 9.11. The molecule has 0 unspecified atom stereocenters. The van der Waals surface area contributed by atoms with Crippen LogP contribution in [0.5, 0.6) is 0 Å². The fourth-order valence-electron chi connectivity index (χ4n) is 1.51. The molecule has 0 aliphatic carbocycles. The second kappa shape index (κ2) is 5.93. The number of sulfonamides is 1. The van der Waals surface area contributed by atoms with E-state index in [2.05, 4.69) is 20.7 Å². The Hall–Kier alpha value is -0.760. The molecule has 0 amide bonds. The van der Waals surface area contributed by atoms with Crippen LogP contribution in [0.15, 0.2) is 38.3 Å². The molecule has 1 heterocycles. The van der Waals surface area contributed by atoms with E-state index in [-0.39, 0.29) is 4.21 Å². The molecule has 1 aromatic carbocycles. The van der Waals surface area contributed by atoms with Gasteiger partial charge in [-0.15, -0.1) is 11.3 Å². The van der Waals surface area contributed by atoms with Crippen LogP contribution in [-0.4, -0.2) is 22.5 Å². The molecule has 2 aromatic rings. The van der Waals surface area contributed by atoms with Crippen molar-refractivity contribution < 1.29 is 8.42 Å². The summed E-state index contributed by atoms with van der Waals surface area (Å²) < 4.78 is 27.8. The monoisotopic (exact) mass is 394 g/mol. The molecule has 2 rings (SSSR count). The molecule has 0 radical (unpaired) electrons. The van der Waals surface area contributed by atoms with E-state index in [0.29, 0.717) is 14.5 Å². The van der Waals surface area contributed by atoms with Crippen molar-refractivity contribution >= 4 is 60.3 Å². The number of nitrogens with one attached hydrogen (secondary N) is 1. The van der Waals surface area contributed by atoms with Gasteiger partial charge in [-0.2, -0.15) is 0 Å². The van der Waals surface area contributed by atoms with Gasteiger partial charge in [-0.05, 0) is 40.2 Å². The van der Waals surface area contributed by atoms with Gasteiger partial charge in [-0.1, -0.05) is 17.7 Å². The molecule has 8 heteroatoms. The smallest absolute Gasteiger partial charge is 0.271 e. The first-order valence-electron chi connectivity index (χ1n) is 5.54. The molecule has 1 N–H and O–H groups in total. The molecule has 0 aliphatic rings. The van der Waals surface area contributed by atoms with Crippen LogP contribution in [0.2, 0.25) is 5.02 Å². The Morgan fingerprint density at radius 1 is 1.30 bits per heavy atom. The van der Waals surface area contributed by atoms with Crippen molar-refractivity contribution in [2.45, 2.75) is 4.21 Å². The summed E-state index contributed by atoms with van der Waals surface area (Å²) >= 11 is 10.2. The van der Waals surface area contributed by atoms with E-state index in [9.17, 15) is 8.42 Å². The van der Waals surface area contributed by atoms with E-state index in [1.165, 1.54) is 6.07 Å². The minimum Gasteiger partial charge on any atom is -0.378 e. The van der Waals surface area contributed by atoms with Crippen molar-refractivity contribution in [3.63, 3.8) is 0 Å². The van der Waals surface area contributed by atoms with Gasteiger partial charge in [0.05, 0.1) is 14.5 Å². The van der Waals surface area contributed by atoms with Gasteiger partial charge < -0.3 is 4.90 Å². The van der Waals surface area contributed by atoms with Crippen molar-refractivity contribution in [2.75, 3.05) is 23.7 Å². The van der Waals surface area contributed by atoms with E-state index in [0.717, 1.165) is 17.0 Å². The van der Waals surface area contributed by atoms with Crippen LogP contribution in [0.1, 0.15) is 0 Å². The van der Waals surface area contributed by atoms with Gasteiger partial charge >= 0.3 is 0 Å². The normalized spacial score (nSPS) is 11.4. The molecule has 0 spiro atoms. The minimum absolute atomic E-state index is 0.171. The maximum Gasteiger partial charge on any atom is 0.271 e. The zero-order valence-corrected chi connectivity index (χ0v) is 14.7. The molecule has 0 saturated heterocycles. The second-order valence-corrected chi connectivity index (χ2v) is 8.92. The van der Waals surface area contributed by atoms with Crippen LogP contribution in [0, 0.1) is 0 Å². The summed E-state index contributed by atoms with van der Waals surface area (Å²) in [6, 6.07) is 8.59. The van der Waals surface area contributed by atoms with Crippen molar-refractivity contribution in [3.8, 4) is 0 Å². The Morgan fingerprint density at radius 2 is 2.00 bits per heavy atom. The third kappa shape index (κ3) is 3.46. The molecule has 0 saturated carbocycles. The van der Waals surface area contributed by atoms with Crippen LogP contribution in [0.4, 0.5) is 11.4 Å². The predicted molar refractivity (Wildman–Crippen MR) is 88.6 cm³/mol. The summed E-state index contributed by atoms with van der Waals surface area (Å²) in [6.07, 6.45) is 0. The van der Waals surface area contributed by atoms with Crippen molar-refractivity contribution in [1.82, 2.24) is 0 Å². The Balaban J connectivity index is 2.31. The zero-order valence-electron chi connectivity index (χ0n) is 10.7. The average molecular weight is 396 g/mol. The van der Waals surface area contributed by atoms with Crippen LogP contribution in [-0.2, 0) is 10.0 Å². The summed E-state index contributed by atoms with van der Waals surface area (Å²) in [5, 5.41) is 0.386. The lowest BCUT2D eigenvalue weighted by Crippen LogP contribution is -2.13. The van der Waals surface area contributed by atoms with E-state index in [1.54, 1.807) is 18.2 Å². The molecular weight excluding hydrogens is 384 g/mol. The molecule has 0 bridgehead atoms. The Kier molecular flexibility index (Phi) is 4.63. The van der Waals surface area contributed by atoms with Crippen molar-refractivity contribution in [2.24, 2.45) is 0 Å². The Morgan fingerprint density at radius 3 is 2.55 bits per heavy atom. The maximum absolute atomic E-state index is 12.3. The van der Waals surface area contributed by atoms with Crippen molar-refractivity contribution in [3.05, 3.63) is 39.1 Å². The van der Waals surface area contributed by atoms with E-state index >= 15 is 0 Å². The number of thiophene rings is 1. The van der Waals surface area contributed by atoms with E-state index in [1.807, 2.05) is 25.1 Å². The average Bonchev–Trinajstić information content (AvgIpc) is 2.70. The fourth-order valence-corrected chi connectivity index (χ4v) is 4.96. The summed E-state index contributed by atoms with van der Waals surface area (Å²) in [5.74, 6) is 0. The van der Waals surface area contributed by atoms with Gasteiger partial charge in [0.25, 0.3) is 10.0 Å². The molecule has 108 valence electrons. The summed E-state index contributed by atoms with van der Waals surface area (Å²) in [4.78, 5) is 1.90. The number of halogens is 2. The molecule has 0 atom stereocenters. The molecule has 1 aromatic heterocycles. The third-order valence-corrected chi connectivity index (χ3v) is 6.83. The summed E-state index contributed by atoms with van der Waals surface area (Å²) in [7, 11) is 0.163. The predicted octanol–water partition coefficient (Wildman–Crippen LogP) is 4.03. The molecular formula is C12H12BrClN2O2S2. The summed E-state index contributed by atoms with van der Waals surface area (Å²) in [5.41, 5.74) is 1.42. The highest BCUT2D eigenvalue weighted by Gasteiger charge is 2.19. The lowest BCUT2D eigenvalue weighted by molar-refractivity contribution is 0.603. The van der Waals surface area contributed by atoms with E-state index in [4.69, 9.17) is 11.6 Å². The Bertz CT molecular complexity index is 709. The largest absolute Gasteiger partial charge is 0.378 e. The number of benzene rings is 1. The van der Waals surface area contributed by atoms with E-state index < -0.39 is 10.0 Å². The third-order valence-electron chi connectivity index (χ3n) is 2.50. The quantitative estimate of drug-likeness (QED) is 0.850. The lowest BCUT2D eigenvalue weighted by atomic mass is 10.3. The van der Waals surface area contributed by atoms with Crippen LogP contribution in [0.3, 0.4) is 0 Å². The number of hydrogen-bond donors (Lipinski definition) is 1. The van der Waals surface area contributed by atoms with Crippen LogP contribution in [0.25, 0.3) is 0 Å². The van der Waals surface area contributed by atoms with Gasteiger partial charge in [0, 0.05) is 19.8 Å². The first-order valence-corrected chi connectivity index (χ1v) is 9.02. The van der Waals surface area contributed by atoms with Gasteiger partial charge in [0.2, 0.25) is 0 Å².